The van der Waals surface area contributed by atoms with Crippen molar-refractivity contribution in [1.29, 1.82) is 0 Å². The molecule has 7 nitrogen and oxygen atoms in total. The number of aromatic nitrogens is 2. The second-order valence-corrected chi connectivity index (χ2v) is 8.76. The molecule has 1 aromatic heterocycles. The van der Waals surface area contributed by atoms with Crippen molar-refractivity contribution in [2.75, 3.05) is 13.1 Å². The van der Waals surface area contributed by atoms with Gasteiger partial charge in [0, 0.05) is 43.6 Å². The number of rotatable bonds is 8. The van der Waals surface area contributed by atoms with Gasteiger partial charge in [-0.25, -0.2) is 0 Å². The largest absolute Gasteiger partial charge is 0.352 e. The first-order chi connectivity index (χ1) is 16.0. The predicted molar refractivity (Wildman–Crippen MR) is 126 cm³/mol. The Balaban J connectivity index is 1.23. The maximum atomic E-state index is 12.4. The number of nitrogens with one attached hydrogen (secondary N) is 1. The van der Waals surface area contributed by atoms with Gasteiger partial charge in [0.05, 0.1) is 0 Å². The molecular formula is C26H30N4O3. The monoisotopic (exact) mass is 446 g/mol. The molecule has 1 fully saturated rings. The van der Waals surface area contributed by atoms with Crippen LogP contribution in [0.3, 0.4) is 0 Å². The molecule has 0 bridgehead atoms. The summed E-state index contributed by atoms with van der Waals surface area (Å²) >= 11 is 0. The van der Waals surface area contributed by atoms with E-state index in [2.05, 4.69) is 41.4 Å². The average Bonchev–Trinajstić information content (AvgIpc) is 3.54. The molecule has 172 valence electrons. The summed E-state index contributed by atoms with van der Waals surface area (Å²) in [6.07, 6.45) is 2.80. The number of carbonyl (C=O) groups is 2. The molecule has 0 unspecified atom stereocenters. The molecule has 0 spiro atoms. The number of nitrogens with zero attached hydrogens (tertiary/aromatic N) is 3. The number of aryl methyl sites for hydroxylation is 1. The van der Waals surface area contributed by atoms with Crippen LogP contribution in [-0.2, 0) is 17.8 Å². The number of amides is 2. The molecule has 1 N–H and O–H groups in total. The lowest BCUT2D eigenvalue weighted by atomic mass is 10.0. The molecular weight excluding hydrogens is 416 g/mol. The molecule has 3 aromatic rings. The Labute approximate surface area is 194 Å². The minimum absolute atomic E-state index is 0.0814. The van der Waals surface area contributed by atoms with Gasteiger partial charge >= 0.3 is 0 Å². The summed E-state index contributed by atoms with van der Waals surface area (Å²) < 4.78 is 5.31. The normalized spacial score (nSPS) is 13.5. The predicted octanol–water partition coefficient (Wildman–Crippen LogP) is 4.35. The fourth-order valence-electron chi connectivity index (χ4n) is 3.87. The van der Waals surface area contributed by atoms with Crippen LogP contribution in [0.15, 0.2) is 53.1 Å². The minimum atomic E-state index is -0.0896. The van der Waals surface area contributed by atoms with E-state index in [1.165, 1.54) is 5.56 Å². The van der Waals surface area contributed by atoms with Gasteiger partial charge in [-0.3, -0.25) is 9.59 Å². The molecule has 0 aliphatic carbocycles. The average molecular weight is 447 g/mol. The second kappa shape index (κ2) is 10.4. The first-order valence-corrected chi connectivity index (χ1v) is 11.6. The lowest BCUT2D eigenvalue weighted by Gasteiger charge is -2.15. The highest BCUT2D eigenvalue weighted by atomic mass is 16.5. The highest BCUT2D eigenvalue weighted by molar-refractivity contribution is 5.94. The summed E-state index contributed by atoms with van der Waals surface area (Å²) in [6.45, 7) is 6.38. The first kappa shape index (κ1) is 22.7. The van der Waals surface area contributed by atoms with Crippen molar-refractivity contribution in [3.8, 4) is 11.4 Å². The number of hydrogen-bond donors (Lipinski definition) is 1. The van der Waals surface area contributed by atoms with E-state index in [9.17, 15) is 9.59 Å². The van der Waals surface area contributed by atoms with E-state index in [0.717, 1.165) is 37.1 Å². The molecule has 2 heterocycles. The Hall–Kier alpha value is -3.48. The van der Waals surface area contributed by atoms with Crippen LogP contribution < -0.4 is 5.32 Å². The highest BCUT2D eigenvalue weighted by Crippen LogP contribution is 2.21. The standard InChI is InChI=1S/C26H30N4O3/c1-18(2)20-9-11-21(12-10-20)25-28-24(33-29-25)14-13-23(31)27-17-19-5-7-22(8-6-19)26(32)30-15-3-4-16-30/h5-12,18H,3-4,13-17H2,1-2H3,(H,27,31). The zero-order valence-corrected chi connectivity index (χ0v) is 19.2. The molecule has 7 heteroatoms. The van der Waals surface area contributed by atoms with Crippen molar-refractivity contribution in [2.45, 2.75) is 52.0 Å². The maximum absolute atomic E-state index is 12.4. The second-order valence-electron chi connectivity index (χ2n) is 8.76. The quantitative estimate of drug-likeness (QED) is 0.556. The van der Waals surface area contributed by atoms with Gasteiger partial charge in [-0.1, -0.05) is 55.4 Å². The van der Waals surface area contributed by atoms with Crippen LogP contribution in [0.2, 0.25) is 0 Å². The number of benzene rings is 2. The summed E-state index contributed by atoms with van der Waals surface area (Å²) in [6, 6.07) is 15.5. The molecule has 2 aromatic carbocycles. The van der Waals surface area contributed by atoms with Gasteiger partial charge in [0.2, 0.25) is 17.6 Å². The van der Waals surface area contributed by atoms with Crippen LogP contribution in [0.1, 0.15) is 66.4 Å². The van der Waals surface area contributed by atoms with Gasteiger partial charge < -0.3 is 14.7 Å². The van der Waals surface area contributed by atoms with Gasteiger partial charge in [0.15, 0.2) is 0 Å². The van der Waals surface area contributed by atoms with Crippen LogP contribution >= 0.6 is 0 Å². The topological polar surface area (TPSA) is 88.3 Å². The Morgan fingerprint density at radius 3 is 2.39 bits per heavy atom. The van der Waals surface area contributed by atoms with E-state index in [0.29, 0.717) is 36.2 Å². The fourth-order valence-corrected chi connectivity index (χ4v) is 3.87. The Morgan fingerprint density at radius 2 is 1.73 bits per heavy atom. The summed E-state index contributed by atoms with van der Waals surface area (Å²) in [7, 11) is 0. The highest BCUT2D eigenvalue weighted by Gasteiger charge is 2.19. The van der Waals surface area contributed by atoms with Gasteiger partial charge in [-0.15, -0.1) is 0 Å². The van der Waals surface area contributed by atoms with Crippen LogP contribution in [0.25, 0.3) is 11.4 Å². The van der Waals surface area contributed by atoms with Crippen molar-refractivity contribution in [3.05, 3.63) is 71.1 Å². The number of carbonyl (C=O) groups excluding carboxylic acids is 2. The Morgan fingerprint density at radius 1 is 1.03 bits per heavy atom. The van der Waals surface area contributed by atoms with Crippen molar-refractivity contribution in [1.82, 2.24) is 20.4 Å². The Kier molecular flexibility index (Phi) is 7.17. The Bertz CT molecular complexity index is 1080. The van der Waals surface area contributed by atoms with Crippen LogP contribution in [0.4, 0.5) is 0 Å². The third-order valence-electron chi connectivity index (χ3n) is 5.95. The lowest BCUT2D eigenvalue weighted by molar-refractivity contribution is -0.121. The lowest BCUT2D eigenvalue weighted by Crippen LogP contribution is -2.27. The molecule has 0 radical (unpaired) electrons. The molecule has 2 amide bonds. The van der Waals surface area contributed by atoms with Crippen LogP contribution in [0, 0.1) is 0 Å². The molecule has 1 saturated heterocycles. The van der Waals surface area contributed by atoms with E-state index in [1.54, 1.807) is 0 Å². The van der Waals surface area contributed by atoms with Gasteiger partial charge in [-0.2, -0.15) is 4.98 Å². The summed E-state index contributed by atoms with van der Waals surface area (Å²) in [5.41, 5.74) is 3.79. The first-order valence-electron chi connectivity index (χ1n) is 11.6. The van der Waals surface area contributed by atoms with E-state index >= 15 is 0 Å². The van der Waals surface area contributed by atoms with E-state index < -0.39 is 0 Å². The molecule has 1 aliphatic rings. The number of hydrogen-bond acceptors (Lipinski definition) is 5. The van der Waals surface area contributed by atoms with Gasteiger partial charge in [0.25, 0.3) is 5.91 Å². The SMILES string of the molecule is CC(C)c1ccc(-c2noc(CCC(=O)NCc3ccc(C(=O)N4CCCC4)cc3)n2)cc1. The fraction of sp³-hybridized carbons (Fsp3) is 0.385. The van der Waals surface area contributed by atoms with E-state index in [-0.39, 0.29) is 18.2 Å². The minimum Gasteiger partial charge on any atom is -0.352 e. The summed E-state index contributed by atoms with van der Waals surface area (Å²) in [5.74, 6) is 1.43. The summed E-state index contributed by atoms with van der Waals surface area (Å²) in [4.78, 5) is 31.0. The number of likely N-dealkylation sites (tertiary alicyclic amines) is 1. The van der Waals surface area contributed by atoms with E-state index in [4.69, 9.17) is 4.52 Å². The van der Waals surface area contributed by atoms with Gasteiger partial charge in [0.1, 0.15) is 0 Å². The molecule has 0 atom stereocenters. The van der Waals surface area contributed by atoms with Gasteiger partial charge in [-0.05, 0) is 42.0 Å². The van der Waals surface area contributed by atoms with Crippen molar-refractivity contribution >= 4 is 11.8 Å². The van der Waals surface area contributed by atoms with Crippen molar-refractivity contribution in [2.24, 2.45) is 0 Å². The van der Waals surface area contributed by atoms with Crippen LogP contribution in [-0.4, -0.2) is 39.9 Å². The van der Waals surface area contributed by atoms with Crippen molar-refractivity contribution < 1.29 is 14.1 Å². The van der Waals surface area contributed by atoms with Crippen molar-refractivity contribution in [3.63, 3.8) is 0 Å². The molecule has 4 rings (SSSR count). The zero-order chi connectivity index (χ0) is 23.2. The molecule has 1 aliphatic heterocycles. The van der Waals surface area contributed by atoms with Crippen LogP contribution in [0.5, 0.6) is 0 Å². The maximum Gasteiger partial charge on any atom is 0.253 e. The smallest absolute Gasteiger partial charge is 0.253 e. The van der Waals surface area contributed by atoms with E-state index in [1.807, 2.05) is 41.3 Å². The third kappa shape index (κ3) is 5.86. The third-order valence-corrected chi connectivity index (χ3v) is 5.95. The summed E-state index contributed by atoms with van der Waals surface area (Å²) in [5, 5.41) is 6.94. The molecule has 33 heavy (non-hydrogen) atoms. The zero-order valence-electron chi connectivity index (χ0n) is 19.2. The molecule has 0 saturated carbocycles.